The summed E-state index contributed by atoms with van der Waals surface area (Å²) in [7, 11) is 0. The number of pyridine rings is 1. The maximum Gasteiger partial charge on any atom is 0.0994 e. The van der Waals surface area contributed by atoms with Crippen molar-refractivity contribution in [2.75, 3.05) is 0 Å². The van der Waals surface area contributed by atoms with E-state index in [1.807, 2.05) is 12.3 Å². The molecule has 0 radical (unpaired) electrons. The van der Waals surface area contributed by atoms with E-state index in [1.54, 1.807) is 17.1 Å². The highest BCUT2D eigenvalue weighted by Gasteiger charge is 2.10. The first kappa shape index (κ1) is 13.0. The molecule has 0 amide bonds. The Kier molecular flexibility index (Phi) is 4.28. The van der Waals surface area contributed by atoms with Gasteiger partial charge in [-0.05, 0) is 18.1 Å². The largest absolute Gasteiger partial charge is 0.323 e. The van der Waals surface area contributed by atoms with E-state index in [9.17, 15) is 0 Å². The lowest BCUT2D eigenvalue weighted by molar-refractivity contribution is 0.617. The van der Waals surface area contributed by atoms with Gasteiger partial charge in [0.2, 0.25) is 0 Å². The van der Waals surface area contributed by atoms with E-state index >= 15 is 0 Å². The minimum absolute atomic E-state index is 0.0448. The van der Waals surface area contributed by atoms with E-state index in [0.29, 0.717) is 11.6 Å². The van der Waals surface area contributed by atoms with Crippen molar-refractivity contribution >= 4 is 11.6 Å². The van der Waals surface area contributed by atoms with E-state index in [0.717, 1.165) is 24.1 Å². The Morgan fingerprint density at radius 2 is 2.33 bits per heavy atom. The molecule has 0 aliphatic rings. The minimum atomic E-state index is -0.0448. The van der Waals surface area contributed by atoms with Crippen molar-refractivity contribution in [2.45, 2.75) is 32.4 Å². The first-order valence-electron chi connectivity index (χ1n) is 5.94. The molecule has 6 heteroatoms. The van der Waals surface area contributed by atoms with Crippen LogP contribution in [0.3, 0.4) is 0 Å². The van der Waals surface area contributed by atoms with Crippen LogP contribution in [0.25, 0.3) is 0 Å². The summed E-state index contributed by atoms with van der Waals surface area (Å²) in [5.74, 6) is 0. The summed E-state index contributed by atoms with van der Waals surface area (Å²) in [5, 5.41) is 8.79. The van der Waals surface area contributed by atoms with E-state index in [4.69, 9.17) is 17.3 Å². The number of nitrogens with zero attached hydrogens (tertiary/aromatic N) is 4. The quantitative estimate of drug-likeness (QED) is 0.900. The molecule has 0 bridgehead atoms. The molecular weight excluding hydrogens is 250 g/mol. The fourth-order valence-corrected chi connectivity index (χ4v) is 1.91. The van der Waals surface area contributed by atoms with E-state index < -0.39 is 0 Å². The van der Waals surface area contributed by atoms with Crippen LogP contribution in [-0.4, -0.2) is 20.0 Å². The van der Waals surface area contributed by atoms with Gasteiger partial charge in [0.1, 0.15) is 0 Å². The van der Waals surface area contributed by atoms with Crippen LogP contribution < -0.4 is 5.73 Å². The van der Waals surface area contributed by atoms with Gasteiger partial charge in [-0.1, -0.05) is 30.2 Å². The third kappa shape index (κ3) is 3.05. The highest BCUT2D eigenvalue weighted by molar-refractivity contribution is 6.31. The molecule has 2 aromatic heterocycles. The highest BCUT2D eigenvalue weighted by Crippen LogP contribution is 2.16. The van der Waals surface area contributed by atoms with Crippen molar-refractivity contribution in [3.05, 3.63) is 40.9 Å². The van der Waals surface area contributed by atoms with Crippen molar-refractivity contribution in [3.63, 3.8) is 0 Å². The monoisotopic (exact) mass is 265 g/mol. The topological polar surface area (TPSA) is 69.6 Å². The minimum Gasteiger partial charge on any atom is -0.323 e. The third-order valence-electron chi connectivity index (χ3n) is 2.72. The third-order valence-corrected chi connectivity index (χ3v) is 3.07. The van der Waals surface area contributed by atoms with Gasteiger partial charge in [-0.3, -0.25) is 4.98 Å². The molecule has 2 heterocycles. The SMILES string of the molecule is CCCC(N)c1cn(Cc2ccncc2Cl)nn1. The normalized spacial score (nSPS) is 12.6. The molecule has 0 aliphatic carbocycles. The maximum atomic E-state index is 6.04. The van der Waals surface area contributed by atoms with Crippen LogP contribution >= 0.6 is 11.6 Å². The van der Waals surface area contributed by atoms with Crippen LogP contribution in [0.2, 0.25) is 5.02 Å². The Balaban J connectivity index is 2.09. The maximum absolute atomic E-state index is 6.04. The van der Waals surface area contributed by atoms with Gasteiger partial charge in [0.25, 0.3) is 0 Å². The Bertz CT molecular complexity index is 511. The van der Waals surface area contributed by atoms with E-state index in [2.05, 4.69) is 22.2 Å². The lowest BCUT2D eigenvalue weighted by Gasteiger charge is -2.05. The van der Waals surface area contributed by atoms with Crippen LogP contribution in [0.5, 0.6) is 0 Å². The van der Waals surface area contributed by atoms with Crippen molar-refractivity contribution in [1.82, 2.24) is 20.0 Å². The Labute approximate surface area is 111 Å². The van der Waals surface area contributed by atoms with Gasteiger partial charge in [-0.15, -0.1) is 5.10 Å². The lowest BCUT2D eigenvalue weighted by atomic mass is 10.1. The summed E-state index contributed by atoms with van der Waals surface area (Å²) in [5.41, 5.74) is 7.78. The van der Waals surface area contributed by atoms with E-state index in [-0.39, 0.29) is 6.04 Å². The van der Waals surface area contributed by atoms with Gasteiger partial charge in [-0.25, -0.2) is 4.68 Å². The number of nitrogens with two attached hydrogens (primary N) is 1. The molecule has 0 saturated carbocycles. The van der Waals surface area contributed by atoms with Crippen LogP contribution in [0.1, 0.15) is 37.1 Å². The summed E-state index contributed by atoms with van der Waals surface area (Å²) < 4.78 is 1.74. The van der Waals surface area contributed by atoms with Crippen LogP contribution in [0, 0.1) is 0 Å². The second kappa shape index (κ2) is 5.93. The van der Waals surface area contributed by atoms with Crippen LogP contribution in [0.4, 0.5) is 0 Å². The molecule has 0 fully saturated rings. The second-order valence-electron chi connectivity index (χ2n) is 4.20. The molecule has 2 aromatic rings. The highest BCUT2D eigenvalue weighted by atomic mass is 35.5. The predicted molar refractivity (Wildman–Crippen MR) is 70.2 cm³/mol. The molecule has 0 saturated heterocycles. The molecule has 96 valence electrons. The molecule has 5 nitrogen and oxygen atoms in total. The number of rotatable bonds is 5. The summed E-state index contributed by atoms with van der Waals surface area (Å²) in [6, 6.07) is 1.83. The Morgan fingerprint density at radius 3 is 3.06 bits per heavy atom. The summed E-state index contributed by atoms with van der Waals surface area (Å²) >= 11 is 6.04. The molecular formula is C12H16ClN5. The van der Waals surface area contributed by atoms with Crippen LogP contribution in [0.15, 0.2) is 24.7 Å². The number of halogens is 1. The van der Waals surface area contributed by atoms with E-state index in [1.165, 1.54) is 0 Å². The second-order valence-corrected chi connectivity index (χ2v) is 4.61. The molecule has 1 atom stereocenters. The fraction of sp³-hybridized carbons (Fsp3) is 0.417. The first-order valence-corrected chi connectivity index (χ1v) is 6.32. The summed E-state index contributed by atoms with van der Waals surface area (Å²) in [6.07, 6.45) is 7.15. The number of aromatic nitrogens is 4. The molecule has 1 unspecified atom stereocenters. The Hall–Kier alpha value is -1.46. The molecule has 0 aliphatic heterocycles. The van der Waals surface area contributed by atoms with Gasteiger partial charge in [0, 0.05) is 12.4 Å². The van der Waals surface area contributed by atoms with Gasteiger partial charge in [-0.2, -0.15) is 0 Å². The average molecular weight is 266 g/mol. The Morgan fingerprint density at radius 1 is 1.50 bits per heavy atom. The van der Waals surface area contributed by atoms with Crippen molar-refractivity contribution in [2.24, 2.45) is 5.73 Å². The summed E-state index contributed by atoms with van der Waals surface area (Å²) in [4.78, 5) is 3.95. The number of hydrogen-bond donors (Lipinski definition) is 1. The first-order chi connectivity index (χ1) is 8.70. The van der Waals surface area contributed by atoms with Gasteiger partial charge < -0.3 is 5.73 Å². The lowest BCUT2D eigenvalue weighted by Crippen LogP contribution is -2.10. The standard InChI is InChI=1S/C12H16ClN5/c1-2-3-11(14)12-8-18(17-16-12)7-9-4-5-15-6-10(9)13/h4-6,8,11H,2-3,7,14H2,1H3. The zero-order chi connectivity index (χ0) is 13.0. The molecule has 0 aromatic carbocycles. The van der Waals surface area contributed by atoms with Gasteiger partial charge >= 0.3 is 0 Å². The molecule has 0 spiro atoms. The van der Waals surface area contributed by atoms with Crippen molar-refractivity contribution < 1.29 is 0 Å². The van der Waals surface area contributed by atoms with Gasteiger partial charge in [0.15, 0.2) is 0 Å². The van der Waals surface area contributed by atoms with Crippen molar-refractivity contribution in [3.8, 4) is 0 Å². The van der Waals surface area contributed by atoms with Crippen molar-refractivity contribution in [1.29, 1.82) is 0 Å². The molecule has 2 N–H and O–H groups in total. The molecule has 18 heavy (non-hydrogen) atoms. The zero-order valence-electron chi connectivity index (χ0n) is 10.3. The zero-order valence-corrected chi connectivity index (χ0v) is 11.0. The average Bonchev–Trinajstić information content (AvgIpc) is 2.81. The predicted octanol–water partition coefficient (Wildman–Crippen LogP) is 2.17. The number of hydrogen-bond acceptors (Lipinski definition) is 4. The smallest absolute Gasteiger partial charge is 0.0994 e. The van der Waals surface area contributed by atoms with Gasteiger partial charge in [0.05, 0.1) is 29.5 Å². The molecule has 2 rings (SSSR count). The summed E-state index contributed by atoms with van der Waals surface area (Å²) in [6.45, 7) is 2.67. The van der Waals surface area contributed by atoms with Crippen LogP contribution in [-0.2, 0) is 6.54 Å². The fourth-order valence-electron chi connectivity index (χ4n) is 1.73.